The van der Waals surface area contributed by atoms with E-state index in [1.165, 1.54) is 6.07 Å². The molecule has 1 aromatic carbocycles. The Kier molecular flexibility index (Phi) is 3.04. The number of terminal acetylenes is 1. The van der Waals surface area contributed by atoms with E-state index in [1.807, 2.05) is 6.07 Å². The summed E-state index contributed by atoms with van der Waals surface area (Å²) in [5.74, 6) is 2.50. The van der Waals surface area contributed by atoms with Gasteiger partial charge in [-0.1, -0.05) is 12.1 Å². The molecule has 3 nitrogen and oxygen atoms in total. The van der Waals surface area contributed by atoms with E-state index in [9.17, 15) is 10.1 Å². The molecule has 0 aliphatic heterocycles. The average Bonchev–Trinajstić information content (AvgIpc) is 2.15. The maximum absolute atomic E-state index is 10.4. The fourth-order valence-electron chi connectivity index (χ4n) is 1.04. The molecule has 3 heteroatoms. The van der Waals surface area contributed by atoms with Crippen molar-refractivity contribution >= 4 is 5.69 Å². The van der Waals surface area contributed by atoms with Gasteiger partial charge in [-0.05, 0) is 12.0 Å². The highest BCUT2D eigenvalue weighted by Crippen LogP contribution is 2.13. The molecule has 0 aliphatic rings. The highest BCUT2D eigenvalue weighted by atomic mass is 16.6. The van der Waals surface area contributed by atoms with E-state index in [4.69, 9.17) is 6.42 Å². The van der Waals surface area contributed by atoms with Gasteiger partial charge in [-0.15, -0.1) is 12.3 Å². The third kappa shape index (κ3) is 2.60. The van der Waals surface area contributed by atoms with E-state index in [-0.39, 0.29) is 5.69 Å². The summed E-state index contributed by atoms with van der Waals surface area (Å²) in [4.78, 5) is 9.99. The molecular weight excluding hydrogens is 166 g/mol. The topological polar surface area (TPSA) is 43.1 Å². The first-order valence-electron chi connectivity index (χ1n) is 3.91. The van der Waals surface area contributed by atoms with Crippen LogP contribution < -0.4 is 0 Å². The molecule has 0 heterocycles. The quantitative estimate of drug-likeness (QED) is 0.401. The summed E-state index contributed by atoms with van der Waals surface area (Å²) in [6.45, 7) is 0. The molecule has 0 aliphatic carbocycles. The predicted octanol–water partition coefficient (Wildman–Crippen LogP) is 2.16. The van der Waals surface area contributed by atoms with Crippen LogP contribution in [0.5, 0.6) is 0 Å². The van der Waals surface area contributed by atoms with Crippen molar-refractivity contribution in [2.45, 2.75) is 12.8 Å². The van der Waals surface area contributed by atoms with E-state index in [0.717, 1.165) is 5.56 Å². The van der Waals surface area contributed by atoms with Gasteiger partial charge < -0.3 is 0 Å². The van der Waals surface area contributed by atoms with Crippen LogP contribution in [-0.4, -0.2) is 4.92 Å². The molecule has 1 rings (SSSR count). The molecule has 0 amide bonds. The van der Waals surface area contributed by atoms with Gasteiger partial charge in [0.05, 0.1) is 4.92 Å². The Labute approximate surface area is 76.5 Å². The standard InChI is InChI=1S/C10H9NO2/c1-2-3-5-9-6-4-7-10(8-9)11(12)13/h1,4,6-8H,3,5H2. The molecule has 0 saturated carbocycles. The second-order valence-electron chi connectivity index (χ2n) is 2.63. The SMILES string of the molecule is C#CCCc1cccc([N+](=O)[O-])c1. The zero-order valence-electron chi connectivity index (χ0n) is 7.06. The van der Waals surface area contributed by atoms with Crippen molar-refractivity contribution in [2.24, 2.45) is 0 Å². The molecule has 0 spiro atoms. The lowest BCUT2D eigenvalue weighted by molar-refractivity contribution is -0.384. The lowest BCUT2D eigenvalue weighted by atomic mass is 10.1. The lowest BCUT2D eigenvalue weighted by Crippen LogP contribution is -1.90. The largest absolute Gasteiger partial charge is 0.269 e. The summed E-state index contributed by atoms with van der Waals surface area (Å²) < 4.78 is 0. The molecule has 1 aromatic rings. The van der Waals surface area contributed by atoms with Gasteiger partial charge in [-0.25, -0.2) is 0 Å². The second kappa shape index (κ2) is 4.27. The maximum Gasteiger partial charge on any atom is 0.269 e. The highest BCUT2D eigenvalue weighted by molar-refractivity contribution is 5.34. The number of benzene rings is 1. The summed E-state index contributed by atoms with van der Waals surface area (Å²) in [6.07, 6.45) is 6.40. The van der Waals surface area contributed by atoms with Gasteiger partial charge in [0, 0.05) is 18.6 Å². The van der Waals surface area contributed by atoms with Crippen molar-refractivity contribution in [3.8, 4) is 12.3 Å². The zero-order chi connectivity index (χ0) is 9.68. The Morgan fingerprint density at radius 1 is 1.54 bits per heavy atom. The van der Waals surface area contributed by atoms with Crippen LogP contribution in [0.3, 0.4) is 0 Å². The molecule has 0 bridgehead atoms. The maximum atomic E-state index is 10.4. The number of rotatable bonds is 3. The number of hydrogen-bond donors (Lipinski definition) is 0. The van der Waals surface area contributed by atoms with Crippen LogP contribution in [0, 0.1) is 22.5 Å². The van der Waals surface area contributed by atoms with Gasteiger partial charge in [0.2, 0.25) is 0 Å². The first kappa shape index (κ1) is 9.27. The van der Waals surface area contributed by atoms with Crippen molar-refractivity contribution in [3.63, 3.8) is 0 Å². The van der Waals surface area contributed by atoms with Crippen LogP contribution in [0.25, 0.3) is 0 Å². The van der Waals surface area contributed by atoms with Gasteiger partial charge in [0.1, 0.15) is 0 Å². The molecule has 0 unspecified atom stereocenters. The molecule has 0 radical (unpaired) electrons. The number of nitrogens with zero attached hydrogens (tertiary/aromatic N) is 1. The van der Waals surface area contributed by atoms with Crippen molar-refractivity contribution in [2.75, 3.05) is 0 Å². The van der Waals surface area contributed by atoms with E-state index >= 15 is 0 Å². The van der Waals surface area contributed by atoms with Gasteiger partial charge in [0.25, 0.3) is 5.69 Å². The first-order chi connectivity index (χ1) is 6.24. The van der Waals surface area contributed by atoms with E-state index in [0.29, 0.717) is 12.8 Å². The molecule has 0 aromatic heterocycles. The second-order valence-corrected chi connectivity index (χ2v) is 2.63. The molecule has 0 atom stereocenters. The molecule has 66 valence electrons. The van der Waals surface area contributed by atoms with Crippen LogP contribution in [0.2, 0.25) is 0 Å². The predicted molar refractivity (Wildman–Crippen MR) is 50.3 cm³/mol. The van der Waals surface area contributed by atoms with E-state index < -0.39 is 4.92 Å². The Balaban J connectivity index is 2.80. The summed E-state index contributed by atoms with van der Waals surface area (Å²) in [6, 6.07) is 6.53. The van der Waals surface area contributed by atoms with Gasteiger partial charge in [0.15, 0.2) is 0 Å². The third-order valence-electron chi connectivity index (χ3n) is 1.68. The summed E-state index contributed by atoms with van der Waals surface area (Å²) in [7, 11) is 0. The van der Waals surface area contributed by atoms with Crippen molar-refractivity contribution in [1.29, 1.82) is 0 Å². The monoisotopic (exact) mass is 175 g/mol. The minimum atomic E-state index is -0.403. The Morgan fingerprint density at radius 2 is 2.31 bits per heavy atom. The van der Waals surface area contributed by atoms with Crippen molar-refractivity contribution < 1.29 is 4.92 Å². The minimum Gasteiger partial charge on any atom is -0.258 e. The fourth-order valence-corrected chi connectivity index (χ4v) is 1.04. The Morgan fingerprint density at radius 3 is 2.92 bits per heavy atom. The van der Waals surface area contributed by atoms with E-state index in [1.54, 1.807) is 12.1 Å². The Bertz CT molecular complexity index is 352. The van der Waals surface area contributed by atoms with Crippen LogP contribution in [0.1, 0.15) is 12.0 Å². The molecule has 0 saturated heterocycles. The van der Waals surface area contributed by atoms with Gasteiger partial charge in [-0.3, -0.25) is 10.1 Å². The molecule has 0 N–H and O–H groups in total. The third-order valence-corrected chi connectivity index (χ3v) is 1.68. The average molecular weight is 175 g/mol. The summed E-state index contributed by atoms with van der Waals surface area (Å²) in [5.41, 5.74) is 1.03. The smallest absolute Gasteiger partial charge is 0.258 e. The molecule has 13 heavy (non-hydrogen) atoms. The van der Waals surface area contributed by atoms with Gasteiger partial charge in [-0.2, -0.15) is 0 Å². The number of non-ortho nitro benzene ring substituents is 1. The van der Waals surface area contributed by atoms with Gasteiger partial charge >= 0.3 is 0 Å². The van der Waals surface area contributed by atoms with Crippen LogP contribution in [0.15, 0.2) is 24.3 Å². The van der Waals surface area contributed by atoms with Crippen molar-refractivity contribution in [3.05, 3.63) is 39.9 Å². The van der Waals surface area contributed by atoms with E-state index in [2.05, 4.69) is 5.92 Å². The lowest BCUT2D eigenvalue weighted by Gasteiger charge is -1.96. The zero-order valence-corrected chi connectivity index (χ0v) is 7.06. The molecule has 0 fully saturated rings. The minimum absolute atomic E-state index is 0.120. The highest BCUT2D eigenvalue weighted by Gasteiger charge is 2.04. The van der Waals surface area contributed by atoms with Crippen LogP contribution in [-0.2, 0) is 6.42 Å². The van der Waals surface area contributed by atoms with Crippen molar-refractivity contribution in [1.82, 2.24) is 0 Å². The fraction of sp³-hybridized carbons (Fsp3) is 0.200. The number of aryl methyl sites for hydroxylation is 1. The number of hydrogen-bond acceptors (Lipinski definition) is 2. The van der Waals surface area contributed by atoms with Crippen LogP contribution in [0.4, 0.5) is 5.69 Å². The van der Waals surface area contributed by atoms with Crippen LogP contribution >= 0.6 is 0 Å². The molecular formula is C10H9NO2. The number of nitro benzene ring substituents is 1. The number of nitro groups is 1. The normalized spacial score (nSPS) is 9.15. The summed E-state index contributed by atoms with van der Waals surface area (Å²) >= 11 is 0. The Hall–Kier alpha value is -1.82. The first-order valence-corrected chi connectivity index (χ1v) is 3.91. The summed E-state index contributed by atoms with van der Waals surface area (Å²) in [5, 5.41) is 10.4.